The molecule has 1 rings (SSSR count). The second-order valence-electron chi connectivity index (χ2n) is 5.35. The molecule has 0 bridgehead atoms. The topological polar surface area (TPSA) is 38.0 Å². The minimum atomic E-state index is 0.594. The van der Waals surface area contributed by atoms with Crippen LogP contribution in [0.15, 0.2) is 24.3 Å². The molecule has 0 saturated carbocycles. The molecule has 2 heteroatoms. The Labute approximate surface area is 112 Å². The standard InChI is InChI=1S/C16H28N2/c1-4-5-6-14(3)18-12-11-13(2)15-7-9-16(17)10-8-15/h7-10,13-14,18H,4-6,11-12,17H2,1-3H3. The minimum absolute atomic E-state index is 0.594. The Morgan fingerprint density at radius 1 is 1.11 bits per heavy atom. The molecule has 1 aromatic rings. The van der Waals surface area contributed by atoms with Gasteiger partial charge in [-0.1, -0.05) is 38.8 Å². The maximum absolute atomic E-state index is 5.70. The molecule has 18 heavy (non-hydrogen) atoms. The molecular formula is C16H28N2. The molecule has 0 spiro atoms. The fourth-order valence-electron chi connectivity index (χ4n) is 2.15. The van der Waals surface area contributed by atoms with Gasteiger partial charge in [-0.15, -0.1) is 0 Å². The van der Waals surface area contributed by atoms with Crippen molar-refractivity contribution < 1.29 is 0 Å². The Bertz CT molecular complexity index is 318. The number of nitrogens with one attached hydrogen (secondary N) is 1. The summed E-state index contributed by atoms with van der Waals surface area (Å²) >= 11 is 0. The summed E-state index contributed by atoms with van der Waals surface area (Å²) in [5, 5.41) is 3.60. The van der Waals surface area contributed by atoms with Gasteiger partial charge in [0, 0.05) is 11.7 Å². The van der Waals surface area contributed by atoms with E-state index in [4.69, 9.17) is 5.73 Å². The lowest BCUT2D eigenvalue weighted by molar-refractivity contribution is 0.477. The zero-order valence-corrected chi connectivity index (χ0v) is 12.1. The van der Waals surface area contributed by atoms with Gasteiger partial charge >= 0.3 is 0 Å². The van der Waals surface area contributed by atoms with E-state index in [2.05, 4.69) is 38.2 Å². The smallest absolute Gasteiger partial charge is 0.0314 e. The molecule has 0 aliphatic heterocycles. The third kappa shape index (κ3) is 5.54. The van der Waals surface area contributed by atoms with Gasteiger partial charge in [0.1, 0.15) is 0 Å². The summed E-state index contributed by atoms with van der Waals surface area (Å²) in [7, 11) is 0. The highest BCUT2D eigenvalue weighted by molar-refractivity contribution is 5.40. The van der Waals surface area contributed by atoms with Gasteiger partial charge in [-0.3, -0.25) is 0 Å². The molecule has 2 unspecified atom stereocenters. The van der Waals surface area contributed by atoms with Crippen LogP contribution >= 0.6 is 0 Å². The number of unbranched alkanes of at least 4 members (excludes halogenated alkanes) is 1. The second kappa shape index (κ2) is 8.15. The van der Waals surface area contributed by atoms with Gasteiger partial charge in [-0.05, 0) is 49.9 Å². The third-order valence-electron chi connectivity index (χ3n) is 3.57. The molecule has 0 amide bonds. The third-order valence-corrected chi connectivity index (χ3v) is 3.57. The van der Waals surface area contributed by atoms with E-state index >= 15 is 0 Å². The van der Waals surface area contributed by atoms with Crippen LogP contribution in [0.3, 0.4) is 0 Å². The molecule has 0 aliphatic carbocycles. The lowest BCUT2D eigenvalue weighted by Gasteiger charge is -2.16. The molecule has 102 valence electrons. The molecule has 2 nitrogen and oxygen atoms in total. The molecular weight excluding hydrogens is 220 g/mol. The number of nitrogen functional groups attached to an aromatic ring is 1. The predicted molar refractivity (Wildman–Crippen MR) is 80.9 cm³/mol. The van der Waals surface area contributed by atoms with Gasteiger partial charge in [0.2, 0.25) is 0 Å². The van der Waals surface area contributed by atoms with E-state index in [1.165, 1.54) is 31.2 Å². The Morgan fingerprint density at radius 3 is 2.39 bits per heavy atom. The highest BCUT2D eigenvalue weighted by Gasteiger charge is 2.06. The Morgan fingerprint density at radius 2 is 1.78 bits per heavy atom. The van der Waals surface area contributed by atoms with Gasteiger partial charge in [0.25, 0.3) is 0 Å². The highest BCUT2D eigenvalue weighted by Crippen LogP contribution is 2.19. The largest absolute Gasteiger partial charge is 0.399 e. The number of benzene rings is 1. The normalized spacial score (nSPS) is 14.4. The van der Waals surface area contributed by atoms with Crippen LogP contribution in [0.5, 0.6) is 0 Å². The van der Waals surface area contributed by atoms with Crippen LogP contribution < -0.4 is 11.1 Å². The van der Waals surface area contributed by atoms with Crippen LogP contribution in [-0.4, -0.2) is 12.6 Å². The first kappa shape index (κ1) is 15.0. The maximum Gasteiger partial charge on any atom is 0.0314 e. The number of nitrogens with two attached hydrogens (primary N) is 1. The molecule has 0 aliphatic rings. The van der Waals surface area contributed by atoms with Crippen molar-refractivity contribution in [2.24, 2.45) is 0 Å². The minimum Gasteiger partial charge on any atom is -0.399 e. The average molecular weight is 248 g/mol. The number of hydrogen-bond acceptors (Lipinski definition) is 2. The van der Waals surface area contributed by atoms with Crippen LogP contribution in [0.25, 0.3) is 0 Å². The van der Waals surface area contributed by atoms with Crippen molar-refractivity contribution in [1.82, 2.24) is 5.32 Å². The summed E-state index contributed by atoms with van der Waals surface area (Å²) in [5.74, 6) is 0.594. The van der Waals surface area contributed by atoms with Crippen molar-refractivity contribution in [2.75, 3.05) is 12.3 Å². The SMILES string of the molecule is CCCCC(C)NCCC(C)c1ccc(N)cc1. The quantitative estimate of drug-likeness (QED) is 0.684. The lowest BCUT2D eigenvalue weighted by Crippen LogP contribution is -2.27. The molecule has 1 aromatic carbocycles. The lowest BCUT2D eigenvalue weighted by atomic mass is 9.97. The Balaban J connectivity index is 2.24. The molecule has 0 saturated heterocycles. The van der Waals surface area contributed by atoms with E-state index in [0.717, 1.165) is 12.2 Å². The van der Waals surface area contributed by atoms with Gasteiger partial charge in [-0.25, -0.2) is 0 Å². The van der Waals surface area contributed by atoms with Gasteiger partial charge in [0.05, 0.1) is 0 Å². The van der Waals surface area contributed by atoms with Crippen molar-refractivity contribution in [3.8, 4) is 0 Å². The van der Waals surface area contributed by atoms with E-state index in [1.54, 1.807) is 0 Å². The van der Waals surface area contributed by atoms with Gasteiger partial charge < -0.3 is 11.1 Å². The predicted octanol–water partition coefficient (Wildman–Crippen LogP) is 3.93. The Hall–Kier alpha value is -1.02. The van der Waals surface area contributed by atoms with Crippen LogP contribution in [-0.2, 0) is 0 Å². The average Bonchev–Trinajstić information content (AvgIpc) is 2.37. The van der Waals surface area contributed by atoms with Crippen LogP contribution in [0.4, 0.5) is 5.69 Å². The summed E-state index contributed by atoms with van der Waals surface area (Å²) in [6.45, 7) is 7.90. The first-order valence-corrected chi connectivity index (χ1v) is 7.22. The van der Waals surface area contributed by atoms with Crippen LogP contribution in [0.2, 0.25) is 0 Å². The fourth-order valence-corrected chi connectivity index (χ4v) is 2.15. The molecule has 0 heterocycles. The van der Waals surface area contributed by atoms with E-state index in [-0.39, 0.29) is 0 Å². The number of anilines is 1. The highest BCUT2D eigenvalue weighted by atomic mass is 14.9. The van der Waals surface area contributed by atoms with E-state index < -0.39 is 0 Å². The van der Waals surface area contributed by atoms with E-state index in [1.807, 2.05) is 12.1 Å². The fraction of sp³-hybridized carbons (Fsp3) is 0.625. The molecule has 0 aromatic heterocycles. The first-order chi connectivity index (χ1) is 8.63. The second-order valence-corrected chi connectivity index (χ2v) is 5.35. The van der Waals surface area contributed by atoms with E-state index in [9.17, 15) is 0 Å². The Kier molecular flexibility index (Phi) is 6.81. The monoisotopic (exact) mass is 248 g/mol. The summed E-state index contributed by atoms with van der Waals surface area (Å²) in [5.41, 5.74) is 7.93. The molecule has 0 fully saturated rings. The summed E-state index contributed by atoms with van der Waals surface area (Å²) in [6, 6.07) is 8.90. The molecule has 2 atom stereocenters. The summed E-state index contributed by atoms with van der Waals surface area (Å²) in [6.07, 6.45) is 5.07. The van der Waals surface area contributed by atoms with Gasteiger partial charge in [0.15, 0.2) is 0 Å². The number of hydrogen-bond donors (Lipinski definition) is 2. The maximum atomic E-state index is 5.70. The molecule has 3 N–H and O–H groups in total. The van der Waals surface area contributed by atoms with Gasteiger partial charge in [-0.2, -0.15) is 0 Å². The zero-order chi connectivity index (χ0) is 13.4. The van der Waals surface area contributed by atoms with Crippen molar-refractivity contribution in [1.29, 1.82) is 0 Å². The van der Waals surface area contributed by atoms with Crippen LogP contribution in [0.1, 0.15) is 57.9 Å². The number of rotatable bonds is 8. The van der Waals surface area contributed by atoms with Crippen molar-refractivity contribution in [3.63, 3.8) is 0 Å². The van der Waals surface area contributed by atoms with Crippen molar-refractivity contribution in [2.45, 2.75) is 58.4 Å². The van der Waals surface area contributed by atoms with Crippen molar-refractivity contribution in [3.05, 3.63) is 29.8 Å². The van der Waals surface area contributed by atoms with Crippen LogP contribution in [0, 0.1) is 0 Å². The van der Waals surface area contributed by atoms with Crippen molar-refractivity contribution >= 4 is 5.69 Å². The van der Waals surface area contributed by atoms with E-state index in [0.29, 0.717) is 12.0 Å². The molecule has 0 radical (unpaired) electrons. The first-order valence-electron chi connectivity index (χ1n) is 7.22. The zero-order valence-electron chi connectivity index (χ0n) is 12.1. The summed E-state index contributed by atoms with van der Waals surface area (Å²) in [4.78, 5) is 0. The summed E-state index contributed by atoms with van der Waals surface area (Å²) < 4.78 is 0.